The summed E-state index contributed by atoms with van der Waals surface area (Å²) in [6.45, 7) is 1.73. The molecule has 0 aromatic heterocycles. The van der Waals surface area contributed by atoms with Crippen molar-refractivity contribution < 1.29 is 14.5 Å². The van der Waals surface area contributed by atoms with Crippen LogP contribution in [0.4, 0.5) is 11.4 Å². The average molecular weight is 248 g/mol. The highest BCUT2D eigenvalue weighted by Gasteiger charge is 2.27. The average Bonchev–Trinajstić information content (AvgIpc) is 2.36. The molecule has 0 fully saturated rings. The summed E-state index contributed by atoms with van der Waals surface area (Å²) in [4.78, 5) is 23.5. The lowest BCUT2D eigenvalue weighted by Crippen LogP contribution is -2.31. The number of hydrogen-bond acceptors (Lipinski definition) is 4. The fraction of sp³-hybridized carbons (Fsp3) is 0.250. The Morgan fingerprint density at radius 2 is 2.22 bits per heavy atom. The van der Waals surface area contributed by atoms with Crippen LogP contribution in [0.5, 0.6) is 5.75 Å². The van der Waals surface area contributed by atoms with E-state index in [0.29, 0.717) is 23.5 Å². The van der Waals surface area contributed by atoms with E-state index in [1.165, 1.54) is 25.0 Å². The first-order chi connectivity index (χ1) is 8.54. The smallest absolute Gasteiger partial charge is 0.297 e. The van der Waals surface area contributed by atoms with Crippen molar-refractivity contribution in [3.63, 3.8) is 0 Å². The fourth-order valence-corrected chi connectivity index (χ4v) is 1.95. The normalized spacial score (nSPS) is 13.1. The summed E-state index contributed by atoms with van der Waals surface area (Å²) in [6, 6.07) is 3.00. The molecule has 18 heavy (non-hydrogen) atoms. The second-order valence-electron chi connectivity index (χ2n) is 3.87. The van der Waals surface area contributed by atoms with E-state index in [1.54, 1.807) is 18.2 Å². The fourth-order valence-electron chi connectivity index (χ4n) is 1.95. The van der Waals surface area contributed by atoms with Gasteiger partial charge in [-0.2, -0.15) is 0 Å². The van der Waals surface area contributed by atoms with Gasteiger partial charge in [0, 0.05) is 19.0 Å². The molecule has 1 aliphatic rings. The van der Waals surface area contributed by atoms with Gasteiger partial charge in [-0.15, -0.1) is 0 Å². The van der Waals surface area contributed by atoms with Crippen LogP contribution in [0.15, 0.2) is 18.2 Å². The molecule has 0 unspecified atom stereocenters. The van der Waals surface area contributed by atoms with Gasteiger partial charge >= 0.3 is 0 Å². The van der Waals surface area contributed by atoms with Crippen molar-refractivity contribution in [1.82, 2.24) is 0 Å². The number of nitrogens with zero attached hydrogens (tertiary/aromatic N) is 2. The molecule has 0 saturated heterocycles. The number of fused-ring (bicyclic) bond motifs is 1. The largest absolute Gasteiger partial charge is 0.496 e. The minimum atomic E-state index is -0.504. The number of amides is 1. The number of nitro benzene ring substituents is 1. The maximum Gasteiger partial charge on any atom is 0.297 e. The van der Waals surface area contributed by atoms with Crippen LogP contribution < -0.4 is 9.64 Å². The SMILES string of the molecule is COc1cc2c(c([N+](=O)[O-])c1)N(C(C)=O)CC=C2. The highest BCUT2D eigenvalue weighted by Crippen LogP contribution is 2.38. The van der Waals surface area contributed by atoms with Gasteiger partial charge in [0.15, 0.2) is 0 Å². The summed E-state index contributed by atoms with van der Waals surface area (Å²) in [5.74, 6) is 0.171. The predicted molar refractivity (Wildman–Crippen MR) is 66.7 cm³/mol. The van der Waals surface area contributed by atoms with E-state index >= 15 is 0 Å². The number of nitro groups is 1. The number of hydrogen-bond donors (Lipinski definition) is 0. The number of rotatable bonds is 2. The third kappa shape index (κ3) is 1.92. The van der Waals surface area contributed by atoms with E-state index in [4.69, 9.17) is 4.74 Å². The molecule has 6 heteroatoms. The summed E-state index contributed by atoms with van der Waals surface area (Å²) >= 11 is 0. The molecule has 94 valence electrons. The lowest BCUT2D eigenvalue weighted by molar-refractivity contribution is -0.384. The molecule has 1 aromatic carbocycles. The third-order valence-corrected chi connectivity index (χ3v) is 2.76. The molecule has 1 amide bonds. The first kappa shape index (κ1) is 12.1. The molecular weight excluding hydrogens is 236 g/mol. The molecule has 6 nitrogen and oxygen atoms in total. The van der Waals surface area contributed by atoms with Crippen molar-refractivity contribution in [3.05, 3.63) is 33.9 Å². The number of anilines is 1. The van der Waals surface area contributed by atoms with E-state index in [0.717, 1.165) is 0 Å². The second kappa shape index (κ2) is 4.48. The van der Waals surface area contributed by atoms with E-state index in [-0.39, 0.29) is 11.6 Å². The van der Waals surface area contributed by atoms with Crippen molar-refractivity contribution in [1.29, 1.82) is 0 Å². The van der Waals surface area contributed by atoms with Crippen molar-refractivity contribution in [2.75, 3.05) is 18.6 Å². The summed E-state index contributed by atoms with van der Waals surface area (Å²) < 4.78 is 5.03. The summed E-state index contributed by atoms with van der Waals surface area (Å²) in [5.41, 5.74) is 0.821. The minimum Gasteiger partial charge on any atom is -0.496 e. The molecule has 0 radical (unpaired) electrons. The van der Waals surface area contributed by atoms with Crippen LogP contribution >= 0.6 is 0 Å². The zero-order valence-corrected chi connectivity index (χ0v) is 10.0. The number of carbonyl (C=O) groups excluding carboxylic acids is 1. The molecule has 1 heterocycles. The quantitative estimate of drug-likeness (QED) is 0.592. The molecule has 0 aliphatic carbocycles. The Labute approximate surface area is 104 Å². The van der Waals surface area contributed by atoms with Gasteiger partial charge in [0.05, 0.1) is 18.1 Å². The molecule has 0 saturated carbocycles. The summed E-state index contributed by atoms with van der Waals surface area (Å²) in [5, 5.41) is 11.1. The predicted octanol–water partition coefficient (Wildman–Crippen LogP) is 1.98. The number of carbonyl (C=O) groups is 1. The van der Waals surface area contributed by atoms with Gasteiger partial charge in [0.2, 0.25) is 5.91 Å². The highest BCUT2D eigenvalue weighted by molar-refractivity contribution is 5.99. The van der Waals surface area contributed by atoms with Crippen molar-refractivity contribution >= 4 is 23.4 Å². The Balaban J connectivity index is 2.69. The molecule has 1 aliphatic heterocycles. The second-order valence-corrected chi connectivity index (χ2v) is 3.87. The molecular formula is C12H12N2O4. The molecule has 0 bridgehead atoms. The first-order valence-electron chi connectivity index (χ1n) is 5.35. The molecule has 2 rings (SSSR count). The number of methoxy groups -OCH3 is 1. The zero-order chi connectivity index (χ0) is 13.3. The van der Waals surface area contributed by atoms with E-state index in [1.807, 2.05) is 0 Å². The van der Waals surface area contributed by atoms with Crippen LogP contribution in [-0.2, 0) is 4.79 Å². The molecule has 0 N–H and O–H groups in total. The van der Waals surface area contributed by atoms with E-state index < -0.39 is 4.92 Å². The maximum atomic E-state index is 11.5. The van der Waals surface area contributed by atoms with Gasteiger partial charge in [0.1, 0.15) is 11.4 Å². The molecule has 1 aromatic rings. The maximum absolute atomic E-state index is 11.5. The third-order valence-electron chi connectivity index (χ3n) is 2.76. The van der Waals surface area contributed by atoms with Gasteiger partial charge in [-0.3, -0.25) is 14.9 Å². The van der Waals surface area contributed by atoms with Crippen LogP contribution in [0.2, 0.25) is 0 Å². The highest BCUT2D eigenvalue weighted by atomic mass is 16.6. The van der Waals surface area contributed by atoms with Crippen LogP contribution in [0.1, 0.15) is 12.5 Å². The van der Waals surface area contributed by atoms with Crippen LogP contribution in [-0.4, -0.2) is 24.5 Å². The van der Waals surface area contributed by atoms with Gasteiger partial charge in [-0.05, 0) is 6.07 Å². The minimum absolute atomic E-state index is 0.121. The summed E-state index contributed by atoms with van der Waals surface area (Å²) in [7, 11) is 1.45. The van der Waals surface area contributed by atoms with Crippen molar-refractivity contribution in [2.45, 2.75) is 6.92 Å². The monoisotopic (exact) mass is 248 g/mol. The Morgan fingerprint density at radius 3 is 2.78 bits per heavy atom. The van der Waals surface area contributed by atoms with Crippen molar-refractivity contribution in [3.8, 4) is 5.75 Å². The van der Waals surface area contributed by atoms with Gasteiger partial charge in [-0.1, -0.05) is 12.2 Å². The topological polar surface area (TPSA) is 72.7 Å². The lowest BCUT2D eigenvalue weighted by Gasteiger charge is -2.24. The summed E-state index contributed by atoms with van der Waals surface area (Å²) in [6.07, 6.45) is 3.54. The Morgan fingerprint density at radius 1 is 1.50 bits per heavy atom. The number of benzene rings is 1. The lowest BCUT2D eigenvalue weighted by atomic mass is 10.1. The van der Waals surface area contributed by atoms with E-state index in [9.17, 15) is 14.9 Å². The van der Waals surface area contributed by atoms with Crippen LogP contribution in [0.3, 0.4) is 0 Å². The van der Waals surface area contributed by atoms with Crippen molar-refractivity contribution in [2.24, 2.45) is 0 Å². The Bertz CT molecular complexity index is 551. The van der Waals surface area contributed by atoms with Gasteiger partial charge < -0.3 is 9.64 Å². The van der Waals surface area contributed by atoms with Gasteiger partial charge in [0.25, 0.3) is 5.69 Å². The number of ether oxygens (including phenoxy) is 1. The van der Waals surface area contributed by atoms with Gasteiger partial charge in [-0.25, -0.2) is 0 Å². The zero-order valence-electron chi connectivity index (χ0n) is 10.0. The Kier molecular flexibility index (Phi) is 3.01. The van der Waals surface area contributed by atoms with Crippen LogP contribution in [0, 0.1) is 10.1 Å². The standard InChI is InChI=1S/C12H12N2O4/c1-8(15)13-5-3-4-9-6-10(18-2)7-11(12(9)13)14(16)17/h3-4,6-7H,5H2,1-2H3. The Hall–Kier alpha value is -2.37. The van der Waals surface area contributed by atoms with E-state index in [2.05, 4.69) is 0 Å². The first-order valence-corrected chi connectivity index (χ1v) is 5.35. The van der Waals surface area contributed by atoms with Crippen LogP contribution in [0.25, 0.3) is 6.08 Å². The molecule has 0 spiro atoms. The molecule has 0 atom stereocenters.